The lowest BCUT2D eigenvalue weighted by Crippen LogP contribution is -2.36. The maximum absolute atomic E-state index is 12.1. The van der Waals surface area contributed by atoms with Crippen molar-refractivity contribution in [1.82, 2.24) is 4.98 Å². The van der Waals surface area contributed by atoms with Crippen molar-refractivity contribution in [3.05, 3.63) is 48.2 Å². The lowest BCUT2D eigenvalue weighted by molar-refractivity contribution is -0.115. The van der Waals surface area contributed by atoms with E-state index in [4.69, 9.17) is 9.47 Å². The minimum Gasteiger partial charge on any atom is -0.481 e. The van der Waals surface area contributed by atoms with Crippen LogP contribution in [0, 0.1) is 0 Å². The fourth-order valence-corrected chi connectivity index (χ4v) is 2.61. The standard InChI is InChI=1S/C18H21N3O3/c1-23-18-7-4-15(13-19-18)20-17(22)12-14-2-5-16(6-3-14)21-8-10-24-11-9-21/h2-7,13H,8-12H2,1H3,(H,20,22). The summed E-state index contributed by atoms with van der Waals surface area (Å²) < 4.78 is 10.4. The molecule has 1 saturated heterocycles. The van der Waals surface area contributed by atoms with E-state index in [1.165, 1.54) is 5.69 Å². The fraction of sp³-hybridized carbons (Fsp3) is 0.333. The topological polar surface area (TPSA) is 63.7 Å². The van der Waals surface area contributed by atoms with Gasteiger partial charge in [0.15, 0.2) is 0 Å². The molecule has 0 aliphatic carbocycles. The average molecular weight is 327 g/mol. The first-order valence-corrected chi connectivity index (χ1v) is 7.96. The van der Waals surface area contributed by atoms with Crippen LogP contribution in [-0.2, 0) is 16.0 Å². The van der Waals surface area contributed by atoms with Crippen molar-refractivity contribution in [1.29, 1.82) is 0 Å². The molecule has 2 aromatic rings. The number of nitrogens with zero attached hydrogens (tertiary/aromatic N) is 2. The van der Waals surface area contributed by atoms with E-state index in [2.05, 4.69) is 27.3 Å². The molecule has 0 atom stereocenters. The van der Waals surface area contributed by atoms with E-state index in [9.17, 15) is 4.79 Å². The Labute approximate surface area is 141 Å². The molecular formula is C18H21N3O3. The molecule has 24 heavy (non-hydrogen) atoms. The van der Waals surface area contributed by atoms with Gasteiger partial charge in [0.1, 0.15) is 0 Å². The quantitative estimate of drug-likeness (QED) is 0.911. The van der Waals surface area contributed by atoms with E-state index in [0.717, 1.165) is 31.9 Å². The third kappa shape index (κ3) is 4.23. The van der Waals surface area contributed by atoms with Gasteiger partial charge < -0.3 is 19.7 Å². The SMILES string of the molecule is COc1ccc(NC(=O)Cc2ccc(N3CCOCC3)cc2)cn1. The minimum absolute atomic E-state index is 0.0684. The molecule has 1 amide bonds. The highest BCUT2D eigenvalue weighted by atomic mass is 16.5. The van der Waals surface area contributed by atoms with Crippen molar-refractivity contribution in [2.45, 2.75) is 6.42 Å². The Kier molecular flexibility index (Phi) is 5.28. The van der Waals surface area contributed by atoms with Crippen LogP contribution in [0.3, 0.4) is 0 Å². The monoisotopic (exact) mass is 327 g/mol. The predicted octanol–water partition coefficient (Wildman–Crippen LogP) is 2.11. The van der Waals surface area contributed by atoms with Gasteiger partial charge in [-0.2, -0.15) is 0 Å². The summed E-state index contributed by atoms with van der Waals surface area (Å²) in [7, 11) is 1.56. The highest BCUT2D eigenvalue weighted by Crippen LogP contribution is 2.17. The molecular weight excluding hydrogens is 306 g/mol. The Bertz CT molecular complexity index is 665. The van der Waals surface area contributed by atoms with Crippen molar-refractivity contribution in [3.63, 3.8) is 0 Å². The number of amides is 1. The maximum atomic E-state index is 12.1. The van der Waals surface area contributed by atoms with E-state index in [-0.39, 0.29) is 5.91 Å². The van der Waals surface area contributed by atoms with Crippen LogP contribution in [0.1, 0.15) is 5.56 Å². The molecule has 0 bridgehead atoms. The smallest absolute Gasteiger partial charge is 0.228 e. The van der Waals surface area contributed by atoms with Crippen LogP contribution in [-0.4, -0.2) is 44.3 Å². The number of carbonyl (C=O) groups is 1. The number of carbonyl (C=O) groups excluding carboxylic acids is 1. The molecule has 1 aliphatic rings. The number of nitrogens with one attached hydrogen (secondary N) is 1. The zero-order valence-corrected chi connectivity index (χ0v) is 13.7. The highest BCUT2D eigenvalue weighted by molar-refractivity contribution is 5.92. The zero-order chi connectivity index (χ0) is 16.8. The molecule has 0 spiro atoms. The summed E-state index contributed by atoms with van der Waals surface area (Å²) in [6.45, 7) is 3.34. The van der Waals surface area contributed by atoms with Crippen molar-refractivity contribution in [2.75, 3.05) is 43.6 Å². The van der Waals surface area contributed by atoms with E-state index in [1.54, 1.807) is 25.4 Å². The van der Waals surface area contributed by atoms with Crippen molar-refractivity contribution in [2.24, 2.45) is 0 Å². The second kappa shape index (κ2) is 7.79. The van der Waals surface area contributed by atoms with Crippen molar-refractivity contribution in [3.8, 4) is 5.88 Å². The third-order valence-corrected chi connectivity index (χ3v) is 3.91. The molecule has 0 unspecified atom stereocenters. The van der Waals surface area contributed by atoms with Crippen LogP contribution >= 0.6 is 0 Å². The first kappa shape index (κ1) is 16.3. The number of morpholine rings is 1. The summed E-state index contributed by atoms with van der Waals surface area (Å²) in [5.74, 6) is 0.452. The molecule has 0 saturated carbocycles. The van der Waals surface area contributed by atoms with Gasteiger partial charge in [-0.25, -0.2) is 4.98 Å². The Hall–Kier alpha value is -2.60. The Morgan fingerprint density at radius 1 is 1.21 bits per heavy atom. The summed E-state index contributed by atoms with van der Waals surface area (Å²) in [4.78, 5) is 18.5. The number of benzene rings is 1. The Morgan fingerprint density at radius 3 is 2.58 bits per heavy atom. The molecule has 3 rings (SSSR count). The van der Waals surface area contributed by atoms with Crippen LogP contribution in [0.2, 0.25) is 0 Å². The molecule has 2 heterocycles. The third-order valence-electron chi connectivity index (χ3n) is 3.91. The molecule has 1 aromatic carbocycles. The molecule has 6 nitrogen and oxygen atoms in total. The van der Waals surface area contributed by atoms with E-state index in [0.29, 0.717) is 18.0 Å². The van der Waals surface area contributed by atoms with E-state index >= 15 is 0 Å². The van der Waals surface area contributed by atoms with Crippen LogP contribution in [0.4, 0.5) is 11.4 Å². The first-order chi connectivity index (χ1) is 11.7. The number of methoxy groups -OCH3 is 1. The van der Waals surface area contributed by atoms with Gasteiger partial charge in [-0.3, -0.25) is 4.79 Å². The Morgan fingerprint density at radius 2 is 1.96 bits per heavy atom. The molecule has 6 heteroatoms. The fourth-order valence-electron chi connectivity index (χ4n) is 2.61. The summed E-state index contributed by atoms with van der Waals surface area (Å²) in [5, 5.41) is 2.84. The molecule has 1 aromatic heterocycles. The van der Waals surface area contributed by atoms with Gasteiger partial charge in [0, 0.05) is 24.8 Å². The largest absolute Gasteiger partial charge is 0.481 e. The van der Waals surface area contributed by atoms with Gasteiger partial charge in [-0.15, -0.1) is 0 Å². The molecule has 126 valence electrons. The van der Waals surface area contributed by atoms with Gasteiger partial charge in [-0.05, 0) is 23.8 Å². The number of anilines is 2. The van der Waals surface area contributed by atoms with Gasteiger partial charge in [0.25, 0.3) is 0 Å². The zero-order valence-electron chi connectivity index (χ0n) is 13.7. The van der Waals surface area contributed by atoms with Gasteiger partial charge in [0.2, 0.25) is 11.8 Å². The molecule has 1 aliphatic heterocycles. The van der Waals surface area contributed by atoms with Gasteiger partial charge in [0.05, 0.1) is 38.6 Å². The second-order valence-corrected chi connectivity index (χ2v) is 5.58. The van der Waals surface area contributed by atoms with Crippen LogP contribution in [0.15, 0.2) is 42.6 Å². The average Bonchev–Trinajstić information content (AvgIpc) is 2.64. The number of hydrogen-bond acceptors (Lipinski definition) is 5. The summed E-state index contributed by atoms with van der Waals surface area (Å²) in [6, 6.07) is 11.6. The van der Waals surface area contributed by atoms with Crippen molar-refractivity contribution >= 4 is 17.3 Å². The van der Waals surface area contributed by atoms with Crippen LogP contribution in [0.5, 0.6) is 5.88 Å². The minimum atomic E-state index is -0.0684. The van der Waals surface area contributed by atoms with E-state index in [1.807, 2.05) is 12.1 Å². The van der Waals surface area contributed by atoms with Crippen molar-refractivity contribution < 1.29 is 14.3 Å². The lowest BCUT2D eigenvalue weighted by Gasteiger charge is -2.28. The maximum Gasteiger partial charge on any atom is 0.228 e. The summed E-state index contributed by atoms with van der Waals surface area (Å²) in [5.41, 5.74) is 2.80. The van der Waals surface area contributed by atoms with Crippen LogP contribution < -0.4 is 15.0 Å². The number of rotatable bonds is 5. The van der Waals surface area contributed by atoms with E-state index < -0.39 is 0 Å². The molecule has 1 N–H and O–H groups in total. The number of pyridine rings is 1. The molecule has 1 fully saturated rings. The predicted molar refractivity (Wildman–Crippen MR) is 92.6 cm³/mol. The Balaban J connectivity index is 1.55. The molecule has 0 radical (unpaired) electrons. The highest BCUT2D eigenvalue weighted by Gasteiger charge is 2.11. The van der Waals surface area contributed by atoms with Gasteiger partial charge >= 0.3 is 0 Å². The number of hydrogen-bond donors (Lipinski definition) is 1. The number of ether oxygens (including phenoxy) is 2. The number of aromatic nitrogens is 1. The van der Waals surface area contributed by atoms with Crippen LogP contribution in [0.25, 0.3) is 0 Å². The summed E-state index contributed by atoms with van der Waals surface area (Å²) >= 11 is 0. The summed E-state index contributed by atoms with van der Waals surface area (Å²) in [6.07, 6.45) is 1.91. The first-order valence-electron chi connectivity index (χ1n) is 7.96. The normalized spacial score (nSPS) is 14.3. The lowest BCUT2D eigenvalue weighted by atomic mass is 10.1. The van der Waals surface area contributed by atoms with Gasteiger partial charge in [-0.1, -0.05) is 12.1 Å². The second-order valence-electron chi connectivity index (χ2n) is 5.58.